The Labute approximate surface area is 363 Å². The normalized spacial score (nSPS) is 17.0. The van der Waals surface area contributed by atoms with Gasteiger partial charge in [-0.15, -0.1) is 11.3 Å². The summed E-state index contributed by atoms with van der Waals surface area (Å²) in [5.41, 5.74) is 0.200. The molecule has 0 aliphatic carbocycles. The highest BCUT2D eigenvalue weighted by Crippen LogP contribution is 2.43. The number of hydrogen-bond acceptors (Lipinski definition) is 1. The van der Waals surface area contributed by atoms with Crippen molar-refractivity contribution in [1.29, 1.82) is 0 Å². The smallest absolute Gasteiger partial charge is 0.0645 e. The topological polar surface area (TPSA) is 9.86 Å². The highest BCUT2D eigenvalue weighted by atomic mass is 32.1. The van der Waals surface area contributed by atoms with Crippen molar-refractivity contribution in [2.45, 2.75) is 0 Å². The van der Waals surface area contributed by atoms with Crippen LogP contribution in [0.1, 0.15) is 28.8 Å². The second kappa shape index (κ2) is 12.7. The molecule has 0 aliphatic rings. The van der Waals surface area contributed by atoms with Gasteiger partial charge in [0.15, 0.2) is 0 Å². The van der Waals surface area contributed by atoms with E-state index in [0.29, 0.717) is 5.69 Å². The van der Waals surface area contributed by atoms with Crippen molar-refractivity contribution in [3.63, 3.8) is 0 Å². The molecule has 0 spiro atoms. The predicted octanol–water partition coefficient (Wildman–Crippen LogP) is 15.2. The van der Waals surface area contributed by atoms with Crippen LogP contribution in [0.5, 0.6) is 0 Å². The van der Waals surface area contributed by atoms with Crippen LogP contribution in [-0.2, 0) is 0 Å². The van der Waals surface area contributed by atoms with Crippen LogP contribution < -0.4 is 0 Å². The lowest BCUT2D eigenvalue weighted by Gasteiger charge is -2.11. The zero-order valence-electron chi connectivity index (χ0n) is 50.3. The molecule has 57 heavy (non-hydrogen) atoms. The summed E-state index contributed by atoms with van der Waals surface area (Å²) in [6.45, 7) is 0. The first-order chi connectivity index (χ1) is 37.0. The zero-order chi connectivity index (χ0) is 55.7. The number of rotatable bonds is 5. The number of fused-ring (bicyclic) bond motifs is 9. The van der Waals surface area contributed by atoms with Gasteiger partial charge in [-0.2, -0.15) is 0 Å². The van der Waals surface area contributed by atoms with Crippen molar-refractivity contribution in [1.82, 2.24) is 9.13 Å². The molecule has 0 fully saturated rings. The van der Waals surface area contributed by atoms with Gasteiger partial charge in [-0.05, 0) is 106 Å². The molecule has 266 valence electrons. The van der Waals surface area contributed by atoms with E-state index in [0.717, 1.165) is 22.5 Å². The lowest BCUT2D eigenvalue weighted by Crippen LogP contribution is -1.94. The van der Waals surface area contributed by atoms with E-state index in [1.54, 1.807) is 24.3 Å². The average Bonchev–Trinajstić information content (AvgIpc) is 3.56. The molecule has 0 bridgehead atoms. The van der Waals surface area contributed by atoms with Gasteiger partial charge in [-0.3, -0.25) is 0 Å². The first kappa shape index (κ1) is 17.7. The summed E-state index contributed by atoms with van der Waals surface area (Å²) in [4.78, 5) is 0. The molecule has 9 aromatic carbocycles. The third-order valence-corrected chi connectivity index (χ3v) is 11.2. The van der Waals surface area contributed by atoms with Crippen molar-refractivity contribution in [2.24, 2.45) is 0 Å². The van der Waals surface area contributed by atoms with Crippen LogP contribution in [0.25, 0.3) is 109 Å². The molecule has 3 heteroatoms. The summed E-state index contributed by atoms with van der Waals surface area (Å²) in [6.07, 6.45) is 0. The van der Waals surface area contributed by atoms with Gasteiger partial charge in [0.1, 0.15) is 0 Å². The van der Waals surface area contributed by atoms with Crippen molar-refractivity contribution < 1.29 is 28.8 Å². The first-order valence-corrected chi connectivity index (χ1v) is 18.6. The molecule has 12 aromatic rings. The molecule has 0 aliphatic heterocycles. The van der Waals surface area contributed by atoms with E-state index in [2.05, 4.69) is 0 Å². The van der Waals surface area contributed by atoms with Gasteiger partial charge in [-0.1, -0.05) is 133 Å². The highest BCUT2D eigenvalue weighted by molar-refractivity contribution is 7.26. The highest BCUT2D eigenvalue weighted by Gasteiger charge is 2.18. The van der Waals surface area contributed by atoms with Crippen molar-refractivity contribution in [3.05, 3.63) is 206 Å². The minimum atomic E-state index is -0.717. The third kappa shape index (κ3) is 5.03. The molecule has 0 saturated carbocycles. The Morgan fingerprint density at radius 3 is 1.84 bits per heavy atom. The fraction of sp³-hybridized carbons (Fsp3) is 0. The summed E-state index contributed by atoms with van der Waals surface area (Å²) in [5.74, 6) is 0. The van der Waals surface area contributed by atoms with Gasteiger partial charge >= 0.3 is 0 Å². The van der Waals surface area contributed by atoms with Gasteiger partial charge in [0, 0.05) is 53.1 Å². The van der Waals surface area contributed by atoms with E-state index in [4.69, 9.17) is 15.1 Å². The van der Waals surface area contributed by atoms with E-state index >= 15 is 0 Å². The standard InChI is InChI=1S/C54H34N2S/c1-3-12-35(13-4-1)36-22-26-40(27-23-36)55-48-19-9-7-16-43(48)45-32-38(24-29-50(45)55)39-25-30-51-46(33-39)44-17-8-10-20-49(44)56(51)41-28-31-52-47(34-41)54-42(18-11-21-53(54)57-52)37-14-5-2-6-15-37/h1-34H/i2D,5D,7D,8D,9D,10D,11D,14D,16D,17D,18D,19D,20D,21D,24D,25D,28D,29D,31D,32D,33D. The quantitative estimate of drug-likeness (QED) is 0.165. The molecule has 12 rings (SSSR count). The summed E-state index contributed by atoms with van der Waals surface area (Å²) < 4.78 is 195. The molecule has 0 saturated heterocycles. The Morgan fingerprint density at radius 2 is 1.04 bits per heavy atom. The Balaban J connectivity index is 1.19. The molecule has 3 heterocycles. The molecule has 0 atom stereocenters. The fourth-order valence-electron chi connectivity index (χ4n) is 7.59. The van der Waals surface area contributed by atoms with Gasteiger partial charge in [0.25, 0.3) is 0 Å². The van der Waals surface area contributed by atoms with Crippen molar-refractivity contribution in [3.8, 4) is 44.8 Å². The molecule has 0 amide bonds. The number of aromatic nitrogens is 2. The van der Waals surface area contributed by atoms with Crippen LogP contribution in [0, 0.1) is 0 Å². The minimum Gasteiger partial charge on any atom is -0.309 e. The van der Waals surface area contributed by atoms with E-state index in [-0.39, 0.29) is 86.6 Å². The van der Waals surface area contributed by atoms with Crippen LogP contribution in [-0.4, -0.2) is 9.13 Å². The number of thiophene rings is 1. The molecule has 2 nitrogen and oxygen atoms in total. The Bertz CT molecular complexity index is 4740. The molecule has 3 aromatic heterocycles. The second-order valence-corrected chi connectivity index (χ2v) is 14.3. The van der Waals surface area contributed by atoms with E-state index in [9.17, 15) is 13.7 Å². The van der Waals surface area contributed by atoms with E-state index in [1.807, 2.05) is 30.3 Å². The molecular formula is C54H34N2S. The van der Waals surface area contributed by atoms with Crippen LogP contribution in [0.15, 0.2) is 206 Å². The van der Waals surface area contributed by atoms with Crippen LogP contribution in [0.3, 0.4) is 0 Å². The SMILES string of the molecule is [2H]c1ccc(-c2c([2H])c([2H])c([2H])c3sc4c([2H])c([2H])c(-n5c6cc([2H])c(-c7c([2H])c([2H])c8c(c7[2H])c7c([2H])c([2H])c([2H])c([2H])c7n8-c7ccc(-c8ccccc8)cc7)c([2H])c6c6c([2H])c([2H])c([2H])c([2H])c65)cc4c23)c([2H])c1[2H]. The summed E-state index contributed by atoms with van der Waals surface area (Å²) in [5, 5.41) is -0.628. The summed E-state index contributed by atoms with van der Waals surface area (Å²) >= 11 is 0.881. The third-order valence-electron chi connectivity index (χ3n) is 10.1. The second-order valence-electron chi connectivity index (χ2n) is 13.3. The van der Waals surface area contributed by atoms with Gasteiger partial charge in [0.05, 0.1) is 50.9 Å². The molecule has 0 radical (unpaired) electrons. The first-order valence-electron chi connectivity index (χ1n) is 28.3. The number of benzene rings is 9. The lowest BCUT2D eigenvalue weighted by molar-refractivity contribution is 1.18. The number of nitrogens with zero attached hydrogens (tertiary/aromatic N) is 2. The van der Waals surface area contributed by atoms with Crippen molar-refractivity contribution >= 4 is 75.1 Å². The molecule has 0 N–H and O–H groups in total. The van der Waals surface area contributed by atoms with E-state index in [1.165, 1.54) is 33.4 Å². The van der Waals surface area contributed by atoms with Gasteiger partial charge < -0.3 is 9.13 Å². The Kier molecular flexibility index (Phi) is 3.94. The summed E-state index contributed by atoms with van der Waals surface area (Å²) in [7, 11) is 0. The van der Waals surface area contributed by atoms with Gasteiger partial charge in [-0.25, -0.2) is 0 Å². The summed E-state index contributed by atoms with van der Waals surface area (Å²) in [6, 6.07) is 10.1. The van der Waals surface area contributed by atoms with Crippen molar-refractivity contribution in [2.75, 3.05) is 0 Å². The predicted molar refractivity (Wildman–Crippen MR) is 244 cm³/mol. The maximum atomic E-state index is 10.00. The monoisotopic (exact) mass is 763 g/mol. The van der Waals surface area contributed by atoms with Crippen LogP contribution in [0.2, 0.25) is 0 Å². The maximum Gasteiger partial charge on any atom is 0.0645 e. The minimum absolute atomic E-state index is 0.0163. The maximum absolute atomic E-state index is 10.00. The fourth-order valence-corrected chi connectivity index (χ4v) is 8.59. The number of hydrogen-bond donors (Lipinski definition) is 0. The Morgan fingerprint density at radius 1 is 0.368 bits per heavy atom. The zero-order valence-corrected chi connectivity index (χ0v) is 30.1. The van der Waals surface area contributed by atoms with E-state index < -0.39 is 132 Å². The Hall–Kier alpha value is -7.20. The van der Waals surface area contributed by atoms with Crippen LogP contribution >= 0.6 is 11.3 Å². The molecular weight excluding hydrogens is 709 g/mol. The largest absolute Gasteiger partial charge is 0.309 e. The average molecular weight is 764 g/mol. The number of para-hydroxylation sites is 2. The lowest BCUT2D eigenvalue weighted by atomic mass is 9.99. The van der Waals surface area contributed by atoms with Gasteiger partial charge in [0.2, 0.25) is 0 Å². The van der Waals surface area contributed by atoms with Crippen LogP contribution in [0.4, 0.5) is 0 Å². The molecule has 0 unspecified atom stereocenters.